The van der Waals surface area contributed by atoms with Crippen molar-refractivity contribution in [2.24, 2.45) is 0 Å². The number of hydrogen-bond acceptors (Lipinski definition) is 4. The lowest BCUT2D eigenvalue weighted by Crippen LogP contribution is -2.44. The zero-order valence-corrected chi connectivity index (χ0v) is 10.7. The van der Waals surface area contributed by atoms with Gasteiger partial charge in [0.25, 0.3) is 9.76 Å². The molecule has 0 unspecified atom stereocenters. The van der Waals surface area contributed by atoms with Crippen molar-refractivity contribution in [1.29, 1.82) is 0 Å². The largest absolute Gasteiger partial charge is 0.404 e. The first-order chi connectivity index (χ1) is 7.24. The van der Waals surface area contributed by atoms with Crippen LogP contribution in [0.3, 0.4) is 0 Å². The Bertz CT molecular complexity index is 146. The molecule has 0 heterocycles. The summed E-state index contributed by atoms with van der Waals surface area (Å²) in [5.41, 5.74) is 1.70. The second-order valence-electron chi connectivity index (χ2n) is 2.59. The van der Waals surface area contributed by atoms with Crippen LogP contribution in [0.1, 0.15) is 20.8 Å². The first kappa shape index (κ1) is 14.8. The Morgan fingerprint density at radius 1 is 1.07 bits per heavy atom. The van der Waals surface area contributed by atoms with Crippen LogP contribution >= 0.6 is 0 Å². The minimum atomic E-state index is -1.06. The highest BCUT2D eigenvalue weighted by Gasteiger charge is 2.32. The Hall–Kier alpha value is -0.203. The minimum Gasteiger partial charge on any atom is -0.404 e. The van der Waals surface area contributed by atoms with Crippen LogP contribution in [0.25, 0.3) is 0 Å². The molecular weight excluding hydrogens is 212 g/mol. The van der Waals surface area contributed by atoms with Crippen molar-refractivity contribution < 1.29 is 18.6 Å². The smallest absolute Gasteiger partial charge is 0.306 e. The molecule has 0 saturated heterocycles. The molecule has 88 valence electrons. The van der Waals surface area contributed by atoms with Crippen molar-refractivity contribution >= 4 is 9.76 Å². The highest BCUT2D eigenvalue weighted by atomic mass is 28.2. The van der Waals surface area contributed by atoms with Gasteiger partial charge < -0.3 is 18.6 Å². The predicted molar refractivity (Wildman–Crippen MR) is 59.5 cm³/mol. The summed E-state index contributed by atoms with van der Waals surface area (Å²) in [4.78, 5) is 0. The van der Waals surface area contributed by atoms with E-state index in [4.69, 9.17) is 18.6 Å². The SMILES string of the molecule is C=C[Si]OCC(OCC)(OCC)OCC. The van der Waals surface area contributed by atoms with Crippen molar-refractivity contribution in [3.63, 3.8) is 0 Å². The summed E-state index contributed by atoms with van der Waals surface area (Å²) in [6.45, 7) is 11.1. The second kappa shape index (κ2) is 9.05. The number of ether oxygens (including phenoxy) is 3. The molecule has 4 nitrogen and oxygen atoms in total. The standard InChI is InChI=1S/C10H20O4Si/c1-5-11-10(12-6-2,13-7-3)9-14-15-8-4/h8H,4-7,9H2,1-3H3. The van der Waals surface area contributed by atoms with Crippen LogP contribution in [-0.4, -0.2) is 42.2 Å². The first-order valence-corrected chi connectivity index (χ1v) is 6.13. The van der Waals surface area contributed by atoms with Gasteiger partial charge in [-0.3, -0.25) is 0 Å². The van der Waals surface area contributed by atoms with E-state index in [0.29, 0.717) is 19.8 Å². The molecule has 0 aliphatic rings. The molecule has 0 aliphatic heterocycles. The molecule has 0 fully saturated rings. The Morgan fingerprint density at radius 3 is 1.87 bits per heavy atom. The van der Waals surface area contributed by atoms with E-state index in [-0.39, 0.29) is 16.4 Å². The number of hydrogen-bond donors (Lipinski definition) is 0. The molecule has 0 rings (SSSR count). The molecule has 5 heteroatoms. The van der Waals surface area contributed by atoms with E-state index in [1.165, 1.54) is 0 Å². The Balaban J connectivity index is 4.24. The summed E-state index contributed by atoms with van der Waals surface area (Å²) in [5, 5.41) is 0. The van der Waals surface area contributed by atoms with E-state index < -0.39 is 5.97 Å². The van der Waals surface area contributed by atoms with Gasteiger partial charge in [-0.15, -0.1) is 6.58 Å². The van der Waals surface area contributed by atoms with Crippen LogP contribution in [0.15, 0.2) is 12.3 Å². The summed E-state index contributed by atoms with van der Waals surface area (Å²) in [5.74, 6) is -1.06. The Labute approximate surface area is 94.5 Å². The number of rotatable bonds is 10. The van der Waals surface area contributed by atoms with Crippen LogP contribution in [0.4, 0.5) is 0 Å². The molecule has 0 aromatic rings. The molecule has 2 radical (unpaired) electrons. The molecule has 0 atom stereocenters. The highest BCUT2D eigenvalue weighted by Crippen LogP contribution is 2.16. The molecule has 0 bridgehead atoms. The zero-order valence-electron chi connectivity index (χ0n) is 9.75. The van der Waals surface area contributed by atoms with E-state index >= 15 is 0 Å². The maximum absolute atomic E-state index is 5.46. The molecular formula is C10H20O4Si. The zero-order chi connectivity index (χ0) is 11.6. The molecule has 0 aromatic heterocycles. The van der Waals surface area contributed by atoms with Gasteiger partial charge in [0, 0.05) is 19.8 Å². The molecule has 0 aromatic carbocycles. The molecule has 0 aliphatic carbocycles. The highest BCUT2D eigenvalue weighted by molar-refractivity contribution is 6.34. The normalized spacial score (nSPS) is 11.7. The fourth-order valence-electron chi connectivity index (χ4n) is 1.10. The summed E-state index contributed by atoms with van der Waals surface area (Å²) in [6, 6.07) is 0. The maximum Gasteiger partial charge on any atom is 0.306 e. The summed E-state index contributed by atoms with van der Waals surface area (Å²) < 4.78 is 21.7. The minimum absolute atomic E-state index is 0.226. The average molecular weight is 232 g/mol. The van der Waals surface area contributed by atoms with Gasteiger partial charge in [-0.25, -0.2) is 0 Å². The van der Waals surface area contributed by atoms with Crippen LogP contribution in [0, 0.1) is 0 Å². The second-order valence-corrected chi connectivity index (χ2v) is 3.53. The molecule has 0 spiro atoms. The van der Waals surface area contributed by atoms with Gasteiger partial charge in [0.05, 0.1) is 0 Å². The molecule has 0 amide bonds. The summed E-state index contributed by atoms with van der Waals surface area (Å²) >= 11 is 0. The Morgan fingerprint density at radius 2 is 1.53 bits per heavy atom. The van der Waals surface area contributed by atoms with E-state index in [9.17, 15) is 0 Å². The lowest BCUT2D eigenvalue weighted by molar-refractivity contribution is -0.385. The lowest BCUT2D eigenvalue weighted by atomic mass is 10.5. The predicted octanol–water partition coefficient (Wildman–Crippen LogP) is 1.53. The van der Waals surface area contributed by atoms with Crippen molar-refractivity contribution in [2.45, 2.75) is 26.7 Å². The molecule has 15 heavy (non-hydrogen) atoms. The van der Waals surface area contributed by atoms with E-state index in [0.717, 1.165) is 0 Å². The maximum atomic E-state index is 5.46. The average Bonchev–Trinajstić information content (AvgIpc) is 2.19. The first-order valence-electron chi connectivity index (χ1n) is 5.14. The molecule has 0 saturated carbocycles. The van der Waals surface area contributed by atoms with Crippen LogP contribution in [0.5, 0.6) is 0 Å². The van der Waals surface area contributed by atoms with Gasteiger partial charge in [0.2, 0.25) is 0 Å². The van der Waals surface area contributed by atoms with Crippen LogP contribution in [-0.2, 0) is 18.6 Å². The third kappa shape index (κ3) is 6.06. The van der Waals surface area contributed by atoms with Crippen LogP contribution < -0.4 is 0 Å². The van der Waals surface area contributed by atoms with E-state index in [1.807, 2.05) is 20.8 Å². The van der Waals surface area contributed by atoms with E-state index in [1.54, 1.807) is 5.70 Å². The quantitative estimate of drug-likeness (QED) is 0.325. The summed E-state index contributed by atoms with van der Waals surface area (Å²) in [7, 11) is 0.226. The molecule has 0 N–H and O–H groups in total. The topological polar surface area (TPSA) is 36.9 Å². The van der Waals surface area contributed by atoms with Gasteiger partial charge in [0.1, 0.15) is 6.61 Å². The lowest BCUT2D eigenvalue weighted by Gasteiger charge is -2.31. The summed E-state index contributed by atoms with van der Waals surface area (Å²) in [6.07, 6.45) is 0. The van der Waals surface area contributed by atoms with Gasteiger partial charge in [-0.05, 0) is 20.8 Å². The fraction of sp³-hybridized carbons (Fsp3) is 0.800. The Kier molecular flexibility index (Phi) is 8.93. The van der Waals surface area contributed by atoms with Crippen molar-refractivity contribution in [2.75, 3.05) is 26.4 Å². The van der Waals surface area contributed by atoms with Gasteiger partial charge in [-0.1, -0.05) is 5.70 Å². The van der Waals surface area contributed by atoms with Crippen molar-refractivity contribution in [3.05, 3.63) is 12.3 Å². The van der Waals surface area contributed by atoms with Crippen molar-refractivity contribution in [3.8, 4) is 0 Å². The third-order valence-corrected chi connectivity index (χ3v) is 1.99. The van der Waals surface area contributed by atoms with Gasteiger partial charge in [0.15, 0.2) is 0 Å². The van der Waals surface area contributed by atoms with Crippen LogP contribution in [0.2, 0.25) is 0 Å². The monoisotopic (exact) mass is 232 g/mol. The van der Waals surface area contributed by atoms with E-state index in [2.05, 4.69) is 6.58 Å². The van der Waals surface area contributed by atoms with Gasteiger partial charge >= 0.3 is 5.97 Å². The third-order valence-electron chi connectivity index (χ3n) is 1.51. The van der Waals surface area contributed by atoms with Gasteiger partial charge in [-0.2, -0.15) is 0 Å². The van der Waals surface area contributed by atoms with Crippen molar-refractivity contribution in [1.82, 2.24) is 0 Å². The fourth-order valence-corrected chi connectivity index (χ4v) is 1.48.